The largest absolute Gasteiger partial charge is 0.355 e. The zero-order valence-corrected chi connectivity index (χ0v) is 27.5. The fourth-order valence-electron chi connectivity index (χ4n) is 8.24. The summed E-state index contributed by atoms with van der Waals surface area (Å²) in [5.41, 5.74) is 14.7. The number of benzene rings is 8. The molecule has 1 aliphatic carbocycles. The molecule has 2 aliphatic rings. The molecule has 0 unspecified atom stereocenters. The van der Waals surface area contributed by atoms with Gasteiger partial charge in [-0.25, -0.2) is 0 Å². The van der Waals surface area contributed by atoms with Gasteiger partial charge in [0.1, 0.15) is 0 Å². The number of hydrogen-bond acceptors (Lipinski definition) is 2. The Bertz CT molecular complexity index is 2530. The standard InChI is InChI=1S/C47H31NS/c1-2-14-32-29-34(28-27-31(32)13-1)37-18-4-3-17-36(37)33-15-11-16-35(30-33)48-44-25-12-24-43-46(44)49-45-26-10-9-23-42(45)47(43)40-21-7-5-19-38(40)39-20-6-8-22-41(39)47/h1-30,48H. The molecule has 0 radical (unpaired) electrons. The van der Waals surface area contributed by atoms with Crippen LogP contribution in [0.3, 0.4) is 0 Å². The Balaban J connectivity index is 1.10. The fourth-order valence-corrected chi connectivity index (χ4v) is 9.50. The van der Waals surface area contributed by atoms with Gasteiger partial charge in [0.2, 0.25) is 0 Å². The van der Waals surface area contributed by atoms with E-state index in [0.29, 0.717) is 0 Å². The Morgan fingerprint density at radius 2 is 0.959 bits per heavy atom. The van der Waals surface area contributed by atoms with Crippen LogP contribution in [0.25, 0.3) is 44.2 Å². The topological polar surface area (TPSA) is 12.0 Å². The summed E-state index contributed by atoms with van der Waals surface area (Å²) in [5.74, 6) is 0. The Morgan fingerprint density at radius 1 is 0.388 bits per heavy atom. The van der Waals surface area contributed by atoms with Crippen LogP contribution in [-0.4, -0.2) is 0 Å². The lowest BCUT2D eigenvalue weighted by Crippen LogP contribution is -2.32. The lowest BCUT2D eigenvalue weighted by Gasteiger charge is -2.40. The average molecular weight is 642 g/mol. The highest BCUT2D eigenvalue weighted by Crippen LogP contribution is 2.63. The van der Waals surface area contributed by atoms with Crippen LogP contribution in [0.15, 0.2) is 192 Å². The normalized spacial score (nSPS) is 13.4. The van der Waals surface area contributed by atoms with E-state index in [1.807, 2.05) is 11.8 Å². The molecule has 1 spiro atoms. The number of rotatable bonds is 4. The fraction of sp³-hybridized carbons (Fsp3) is 0.0213. The number of anilines is 2. The zero-order chi connectivity index (χ0) is 32.4. The van der Waals surface area contributed by atoms with Gasteiger partial charge in [0, 0.05) is 15.5 Å². The van der Waals surface area contributed by atoms with E-state index in [2.05, 4.69) is 187 Å². The van der Waals surface area contributed by atoms with Gasteiger partial charge < -0.3 is 5.32 Å². The highest BCUT2D eigenvalue weighted by molar-refractivity contribution is 7.99. The van der Waals surface area contributed by atoms with Crippen LogP contribution in [0.1, 0.15) is 22.3 Å². The Hall–Kier alpha value is -5.83. The van der Waals surface area contributed by atoms with Gasteiger partial charge in [0.25, 0.3) is 0 Å². The third-order valence-corrected chi connectivity index (χ3v) is 11.5. The van der Waals surface area contributed by atoms with Gasteiger partial charge in [-0.3, -0.25) is 0 Å². The van der Waals surface area contributed by atoms with Crippen LogP contribution in [0.5, 0.6) is 0 Å². The smallest absolute Gasteiger partial charge is 0.0736 e. The monoisotopic (exact) mass is 641 g/mol. The summed E-state index contributed by atoms with van der Waals surface area (Å²) in [7, 11) is 0. The van der Waals surface area contributed by atoms with Crippen molar-refractivity contribution in [3.05, 3.63) is 204 Å². The van der Waals surface area contributed by atoms with Gasteiger partial charge in [0.05, 0.1) is 11.1 Å². The van der Waals surface area contributed by atoms with Crippen molar-refractivity contribution in [2.75, 3.05) is 5.32 Å². The van der Waals surface area contributed by atoms with E-state index in [1.165, 1.54) is 76.2 Å². The second-order valence-corrected chi connectivity index (χ2v) is 14.0. The summed E-state index contributed by atoms with van der Waals surface area (Å²) >= 11 is 1.88. The molecule has 1 nitrogen and oxygen atoms in total. The summed E-state index contributed by atoms with van der Waals surface area (Å²) in [4.78, 5) is 2.57. The van der Waals surface area contributed by atoms with Crippen molar-refractivity contribution < 1.29 is 0 Å². The SMILES string of the molecule is c1cc(Nc2cccc3c2Sc2ccccc2C32c3ccccc3-c3ccccc32)cc(-c2ccccc2-c2ccc3ccccc3c2)c1. The van der Waals surface area contributed by atoms with Crippen LogP contribution in [-0.2, 0) is 5.41 Å². The minimum atomic E-state index is -0.386. The first kappa shape index (κ1) is 28.2. The van der Waals surface area contributed by atoms with Gasteiger partial charge in [-0.15, -0.1) is 0 Å². The predicted molar refractivity (Wildman–Crippen MR) is 206 cm³/mol. The molecule has 10 rings (SSSR count). The molecule has 0 amide bonds. The van der Waals surface area contributed by atoms with Crippen molar-refractivity contribution in [3.8, 4) is 33.4 Å². The van der Waals surface area contributed by atoms with Crippen molar-refractivity contribution >= 4 is 33.9 Å². The Labute approximate surface area is 290 Å². The predicted octanol–water partition coefficient (Wildman–Crippen LogP) is 12.7. The molecule has 8 aromatic carbocycles. The molecular formula is C47H31NS. The molecule has 0 saturated carbocycles. The maximum Gasteiger partial charge on any atom is 0.0736 e. The van der Waals surface area contributed by atoms with E-state index < -0.39 is 0 Å². The highest BCUT2D eigenvalue weighted by Gasteiger charge is 2.50. The second kappa shape index (κ2) is 11.1. The summed E-state index contributed by atoms with van der Waals surface area (Å²) < 4.78 is 0. The van der Waals surface area contributed by atoms with Crippen molar-refractivity contribution in [2.45, 2.75) is 15.2 Å². The molecule has 0 fully saturated rings. The molecule has 0 atom stereocenters. The quantitative estimate of drug-likeness (QED) is 0.205. The van der Waals surface area contributed by atoms with Crippen molar-refractivity contribution in [3.63, 3.8) is 0 Å². The molecule has 1 aliphatic heterocycles. The summed E-state index contributed by atoms with van der Waals surface area (Å²) in [6.45, 7) is 0. The molecule has 49 heavy (non-hydrogen) atoms. The molecule has 0 bridgehead atoms. The third kappa shape index (κ3) is 4.27. The molecule has 1 heterocycles. The van der Waals surface area contributed by atoms with Gasteiger partial charge in [-0.05, 0) is 96.7 Å². The van der Waals surface area contributed by atoms with E-state index in [4.69, 9.17) is 0 Å². The molecule has 2 heteroatoms. The third-order valence-electron chi connectivity index (χ3n) is 10.3. The van der Waals surface area contributed by atoms with E-state index in [-0.39, 0.29) is 5.41 Å². The molecule has 8 aromatic rings. The van der Waals surface area contributed by atoms with Crippen molar-refractivity contribution in [2.24, 2.45) is 0 Å². The number of fused-ring (bicyclic) bond motifs is 10. The van der Waals surface area contributed by atoms with E-state index in [0.717, 1.165) is 11.4 Å². The highest BCUT2D eigenvalue weighted by atomic mass is 32.2. The van der Waals surface area contributed by atoms with Gasteiger partial charge in [-0.1, -0.05) is 163 Å². The minimum Gasteiger partial charge on any atom is -0.355 e. The Kier molecular flexibility index (Phi) is 6.40. The van der Waals surface area contributed by atoms with Crippen molar-refractivity contribution in [1.29, 1.82) is 0 Å². The maximum atomic E-state index is 3.89. The van der Waals surface area contributed by atoms with Crippen LogP contribution >= 0.6 is 11.8 Å². The summed E-state index contributed by atoms with van der Waals surface area (Å²) in [6, 6.07) is 66.7. The first-order valence-corrected chi connectivity index (χ1v) is 17.7. The van der Waals surface area contributed by atoms with Crippen LogP contribution in [0, 0.1) is 0 Å². The van der Waals surface area contributed by atoms with Crippen LogP contribution in [0.4, 0.5) is 11.4 Å². The Morgan fingerprint density at radius 3 is 1.71 bits per heavy atom. The van der Waals surface area contributed by atoms with Crippen molar-refractivity contribution in [1.82, 2.24) is 0 Å². The first-order chi connectivity index (χ1) is 24.3. The van der Waals surface area contributed by atoms with Gasteiger partial charge >= 0.3 is 0 Å². The maximum absolute atomic E-state index is 3.89. The second-order valence-electron chi connectivity index (χ2n) is 12.9. The van der Waals surface area contributed by atoms with Crippen LogP contribution < -0.4 is 5.32 Å². The first-order valence-electron chi connectivity index (χ1n) is 16.8. The van der Waals surface area contributed by atoms with E-state index >= 15 is 0 Å². The van der Waals surface area contributed by atoms with Crippen LogP contribution in [0.2, 0.25) is 0 Å². The molecule has 230 valence electrons. The van der Waals surface area contributed by atoms with E-state index in [9.17, 15) is 0 Å². The molecule has 0 saturated heterocycles. The molecular weight excluding hydrogens is 611 g/mol. The molecule has 0 aromatic heterocycles. The lowest BCUT2D eigenvalue weighted by atomic mass is 9.67. The molecule has 1 N–H and O–H groups in total. The zero-order valence-electron chi connectivity index (χ0n) is 26.7. The average Bonchev–Trinajstić information content (AvgIpc) is 3.46. The summed E-state index contributed by atoms with van der Waals surface area (Å²) in [5, 5.41) is 6.40. The number of hydrogen-bond donors (Lipinski definition) is 1. The minimum absolute atomic E-state index is 0.386. The van der Waals surface area contributed by atoms with Gasteiger partial charge in [0.15, 0.2) is 0 Å². The van der Waals surface area contributed by atoms with E-state index in [1.54, 1.807) is 0 Å². The number of nitrogens with one attached hydrogen (secondary N) is 1. The lowest BCUT2D eigenvalue weighted by molar-refractivity contribution is 0.723. The summed E-state index contributed by atoms with van der Waals surface area (Å²) in [6.07, 6.45) is 0. The van der Waals surface area contributed by atoms with Gasteiger partial charge in [-0.2, -0.15) is 0 Å².